The summed E-state index contributed by atoms with van der Waals surface area (Å²) in [5, 5.41) is 2.95. The second-order valence-electron chi connectivity index (χ2n) is 5.71. The minimum atomic E-state index is -0.333. The third-order valence-corrected chi connectivity index (χ3v) is 4.20. The topological polar surface area (TPSA) is 75.3 Å². The molecule has 1 atom stereocenters. The number of hydrogen-bond donors (Lipinski definition) is 1. The Kier molecular flexibility index (Phi) is 6.76. The molecule has 0 saturated carbocycles. The highest BCUT2D eigenvalue weighted by atomic mass is 16.5. The first-order valence-electron chi connectivity index (χ1n) is 8.31. The zero-order valence-electron chi connectivity index (χ0n) is 16.4. The SMILES string of the molecule is COc1ccc(OC)c([C@H](C)NC(=O)c2cc(OC)c(OC)cc2OC)c1. The first-order valence-corrected chi connectivity index (χ1v) is 8.31. The number of methoxy groups -OCH3 is 5. The molecule has 2 rings (SSSR count). The van der Waals surface area contributed by atoms with E-state index in [1.54, 1.807) is 38.5 Å². The molecule has 1 amide bonds. The quantitative estimate of drug-likeness (QED) is 0.764. The Balaban J connectivity index is 2.34. The molecule has 0 saturated heterocycles. The van der Waals surface area contributed by atoms with E-state index >= 15 is 0 Å². The molecule has 0 radical (unpaired) electrons. The molecule has 7 heteroatoms. The molecule has 0 fully saturated rings. The molecule has 27 heavy (non-hydrogen) atoms. The average molecular weight is 375 g/mol. The third kappa shape index (κ3) is 4.36. The number of carbonyl (C=O) groups is 1. The van der Waals surface area contributed by atoms with Gasteiger partial charge in [-0.05, 0) is 25.1 Å². The van der Waals surface area contributed by atoms with Crippen LogP contribution in [0, 0.1) is 0 Å². The van der Waals surface area contributed by atoms with E-state index in [1.165, 1.54) is 21.3 Å². The molecule has 0 spiro atoms. The Morgan fingerprint density at radius 3 is 1.93 bits per heavy atom. The first-order chi connectivity index (χ1) is 13.0. The summed E-state index contributed by atoms with van der Waals surface area (Å²) < 4.78 is 26.5. The molecule has 7 nitrogen and oxygen atoms in total. The van der Waals surface area contributed by atoms with Gasteiger partial charge >= 0.3 is 0 Å². The minimum absolute atomic E-state index is 0.315. The molecule has 2 aromatic rings. The van der Waals surface area contributed by atoms with Crippen molar-refractivity contribution in [3.05, 3.63) is 41.5 Å². The summed E-state index contributed by atoms with van der Waals surface area (Å²) in [4.78, 5) is 12.9. The molecule has 0 heterocycles. The number of carbonyl (C=O) groups excluding carboxylic acids is 1. The van der Waals surface area contributed by atoms with Crippen molar-refractivity contribution in [3.63, 3.8) is 0 Å². The molecule has 0 bridgehead atoms. The monoisotopic (exact) mass is 375 g/mol. The van der Waals surface area contributed by atoms with Crippen molar-refractivity contribution in [1.29, 1.82) is 0 Å². The molecule has 1 N–H and O–H groups in total. The normalized spacial score (nSPS) is 11.3. The minimum Gasteiger partial charge on any atom is -0.497 e. The number of nitrogens with one attached hydrogen (secondary N) is 1. The molecule has 2 aromatic carbocycles. The van der Waals surface area contributed by atoms with Crippen molar-refractivity contribution in [2.24, 2.45) is 0 Å². The maximum Gasteiger partial charge on any atom is 0.255 e. The van der Waals surface area contributed by atoms with Gasteiger partial charge in [-0.3, -0.25) is 4.79 Å². The standard InChI is InChI=1S/C20H25NO6/c1-12(14-9-13(23-2)7-8-16(14)24-3)21-20(22)15-10-18(26-5)19(27-6)11-17(15)25-4/h7-12H,1-6H3,(H,21,22)/t12-/m0/s1. The van der Waals surface area contributed by atoms with E-state index in [0.29, 0.717) is 34.3 Å². The highest BCUT2D eigenvalue weighted by Crippen LogP contribution is 2.35. The lowest BCUT2D eigenvalue weighted by Gasteiger charge is -2.19. The van der Waals surface area contributed by atoms with Gasteiger partial charge in [-0.25, -0.2) is 0 Å². The molecular formula is C20H25NO6. The largest absolute Gasteiger partial charge is 0.497 e. The lowest BCUT2D eigenvalue weighted by Crippen LogP contribution is -2.27. The van der Waals surface area contributed by atoms with Crippen LogP contribution in [-0.4, -0.2) is 41.5 Å². The smallest absolute Gasteiger partial charge is 0.255 e. The lowest BCUT2D eigenvalue weighted by molar-refractivity contribution is 0.0936. The van der Waals surface area contributed by atoms with E-state index in [0.717, 1.165) is 5.56 Å². The fourth-order valence-corrected chi connectivity index (χ4v) is 2.74. The Labute approximate surface area is 159 Å². The number of rotatable bonds is 8. The molecule has 0 aromatic heterocycles. The average Bonchev–Trinajstić information content (AvgIpc) is 2.71. The van der Waals surface area contributed by atoms with E-state index in [1.807, 2.05) is 13.0 Å². The summed E-state index contributed by atoms with van der Waals surface area (Å²) >= 11 is 0. The van der Waals surface area contributed by atoms with Crippen LogP contribution in [-0.2, 0) is 0 Å². The maximum atomic E-state index is 12.9. The van der Waals surface area contributed by atoms with Gasteiger partial charge in [0.15, 0.2) is 11.5 Å². The summed E-state index contributed by atoms with van der Waals surface area (Å²) in [5.74, 6) is 2.32. The Bertz CT molecular complexity index is 805. The van der Waals surface area contributed by atoms with Crippen molar-refractivity contribution in [2.75, 3.05) is 35.5 Å². The van der Waals surface area contributed by atoms with E-state index in [-0.39, 0.29) is 11.9 Å². The highest BCUT2D eigenvalue weighted by Gasteiger charge is 2.21. The fraction of sp³-hybridized carbons (Fsp3) is 0.350. The highest BCUT2D eigenvalue weighted by molar-refractivity contribution is 5.98. The summed E-state index contributed by atoms with van der Waals surface area (Å²) in [7, 11) is 7.69. The van der Waals surface area contributed by atoms with Gasteiger partial charge in [0.25, 0.3) is 5.91 Å². The van der Waals surface area contributed by atoms with Crippen LogP contribution in [0.4, 0.5) is 0 Å². The number of hydrogen-bond acceptors (Lipinski definition) is 6. The number of ether oxygens (including phenoxy) is 5. The van der Waals surface area contributed by atoms with Crippen molar-refractivity contribution in [3.8, 4) is 28.7 Å². The second-order valence-corrected chi connectivity index (χ2v) is 5.71. The van der Waals surface area contributed by atoms with Crippen LogP contribution in [0.5, 0.6) is 28.7 Å². The van der Waals surface area contributed by atoms with Crippen molar-refractivity contribution >= 4 is 5.91 Å². The van der Waals surface area contributed by atoms with Crippen LogP contribution < -0.4 is 29.0 Å². The zero-order valence-corrected chi connectivity index (χ0v) is 16.4. The number of amides is 1. The first kappa shape index (κ1) is 20.2. The summed E-state index contributed by atoms with van der Waals surface area (Å²) in [5.41, 5.74) is 1.13. The fourth-order valence-electron chi connectivity index (χ4n) is 2.74. The van der Waals surface area contributed by atoms with E-state index in [4.69, 9.17) is 23.7 Å². The Hall–Kier alpha value is -3.09. The summed E-state index contributed by atoms with van der Waals surface area (Å²) in [6.07, 6.45) is 0. The van der Waals surface area contributed by atoms with Crippen LogP contribution >= 0.6 is 0 Å². The van der Waals surface area contributed by atoms with Gasteiger partial charge < -0.3 is 29.0 Å². The summed E-state index contributed by atoms with van der Waals surface area (Å²) in [6, 6.07) is 8.30. The van der Waals surface area contributed by atoms with Gasteiger partial charge in [0.05, 0.1) is 47.2 Å². The van der Waals surface area contributed by atoms with Crippen LogP contribution in [0.15, 0.2) is 30.3 Å². The van der Waals surface area contributed by atoms with Gasteiger partial charge in [0, 0.05) is 17.7 Å². The second kappa shape index (κ2) is 9.02. The van der Waals surface area contributed by atoms with Crippen molar-refractivity contribution in [1.82, 2.24) is 5.32 Å². The van der Waals surface area contributed by atoms with E-state index in [9.17, 15) is 4.79 Å². The molecule has 0 aliphatic heterocycles. The van der Waals surface area contributed by atoms with Crippen LogP contribution in [0.3, 0.4) is 0 Å². The molecular weight excluding hydrogens is 350 g/mol. The van der Waals surface area contributed by atoms with Crippen molar-refractivity contribution < 1.29 is 28.5 Å². The van der Waals surface area contributed by atoms with E-state index < -0.39 is 0 Å². The predicted octanol–water partition coefficient (Wildman–Crippen LogP) is 3.22. The summed E-state index contributed by atoms with van der Waals surface area (Å²) in [6.45, 7) is 1.86. The predicted molar refractivity (Wildman–Crippen MR) is 102 cm³/mol. The Morgan fingerprint density at radius 2 is 1.37 bits per heavy atom. The van der Waals surface area contributed by atoms with Crippen LogP contribution in [0.25, 0.3) is 0 Å². The molecule has 146 valence electrons. The van der Waals surface area contributed by atoms with E-state index in [2.05, 4.69) is 5.32 Å². The van der Waals surface area contributed by atoms with Gasteiger partial charge in [0.1, 0.15) is 17.2 Å². The van der Waals surface area contributed by atoms with Crippen LogP contribution in [0.1, 0.15) is 28.9 Å². The van der Waals surface area contributed by atoms with Gasteiger partial charge in [-0.2, -0.15) is 0 Å². The molecule has 0 unspecified atom stereocenters. The van der Waals surface area contributed by atoms with Gasteiger partial charge in [-0.15, -0.1) is 0 Å². The Morgan fingerprint density at radius 1 is 0.778 bits per heavy atom. The number of benzene rings is 2. The molecule has 0 aliphatic carbocycles. The lowest BCUT2D eigenvalue weighted by atomic mass is 10.1. The van der Waals surface area contributed by atoms with Gasteiger partial charge in [0.2, 0.25) is 0 Å². The maximum absolute atomic E-state index is 12.9. The molecule has 0 aliphatic rings. The van der Waals surface area contributed by atoms with Crippen LogP contribution in [0.2, 0.25) is 0 Å². The van der Waals surface area contributed by atoms with Crippen molar-refractivity contribution in [2.45, 2.75) is 13.0 Å². The van der Waals surface area contributed by atoms with Gasteiger partial charge in [-0.1, -0.05) is 0 Å². The zero-order chi connectivity index (χ0) is 20.0. The third-order valence-electron chi connectivity index (χ3n) is 4.20.